The molecule has 1 aliphatic heterocycles. The summed E-state index contributed by atoms with van der Waals surface area (Å²) in [5.74, 6) is -0.831. The molecule has 0 unspecified atom stereocenters. The molecule has 0 saturated carbocycles. The van der Waals surface area contributed by atoms with Gasteiger partial charge >= 0.3 is 0 Å². The molecule has 0 aliphatic carbocycles. The minimum absolute atomic E-state index is 0.297. The first-order chi connectivity index (χ1) is 8.68. The van der Waals surface area contributed by atoms with Crippen molar-refractivity contribution in [2.24, 2.45) is 0 Å². The average molecular weight is 259 g/mol. The van der Waals surface area contributed by atoms with Crippen molar-refractivity contribution in [1.82, 2.24) is 10.3 Å². The number of amides is 2. The van der Waals surface area contributed by atoms with Crippen molar-refractivity contribution >= 4 is 23.4 Å². The quantitative estimate of drug-likeness (QED) is 0.799. The first-order valence-electron chi connectivity index (χ1n) is 5.28. The maximum absolute atomic E-state index is 11.8. The highest BCUT2D eigenvalue weighted by molar-refractivity contribution is 6.36. The van der Waals surface area contributed by atoms with Crippen molar-refractivity contribution in [3.8, 4) is 11.3 Å². The van der Waals surface area contributed by atoms with Gasteiger partial charge in [-0.25, -0.2) is 0 Å². The van der Waals surface area contributed by atoms with Crippen LogP contribution in [0.5, 0.6) is 0 Å². The van der Waals surface area contributed by atoms with Crippen LogP contribution in [0, 0.1) is 0 Å². The van der Waals surface area contributed by atoms with Crippen molar-refractivity contribution < 1.29 is 9.59 Å². The molecule has 0 spiro atoms. The van der Waals surface area contributed by atoms with E-state index in [0.29, 0.717) is 27.4 Å². The second-order valence-electron chi connectivity index (χ2n) is 3.84. The van der Waals surface area contributed by atoms with Crippen LogP contribution in [0.25, 0.3) is 11.3 Å². The standard InChI is InChI=1S/C13H7ClN2O2/c14-8-5-4-7-10(13(18)16-12(7)17)11(8)9-3-1-2-6-15-9/h1-6H,(H,16,17,18). The fraction of sp³-hybridized carbons (Fsp3) is 0. The lowest BCUT2D eigenvalue weighted by molar-refractivity contribution is 0.0880. The molecule has 2 amide bonds. The summed E-state index contributed by atoms with van der Waals surface area (Å²) < 4.78 is 0. The number of imide groups is 1. The van der Waals surface area contributed by atoms with Crippen molar-refractivity contribution in [2.45, 2.75) is 0 Å². The Bertz CT molecular complexity index is 668. The van der Waals surface area contributed by atoms with E-state index in [1.807, 2.05) is 0 Å². The Morgan fingerprint density at radius 2 is 1.83 bits per heavy atom. The molecule has 5 heteroatoms. The Kier molecular flexibility index (Phi) is 2.38. The number of aromatic nitrogens is 1. The van der Waals surface area contributed by atoms with Crippen molar-refractivity contribution in [1.29, 1.82) is 0 Å². The van der Waals surface area contributed by atoms with Crippen molar-refractivity contribution in [3.05, 3.63) is 52.7 Å². The third kappa shape index (κ3) is 1.50. The van der Waals surface area contributed by atoms with Gasteiger partial charge in [0.05, 0.1) is 21.8 Å². The van der Waals surface area contributed by atoms with Gasteiger partial charge in [0, 0.05) is 11.8 Å². The maximum Gasteiger partial charge on any atom is 0.259 e. The molecule has 2 aromatic rings. The molecule has 2 heterocycles. The maximum atomic E-state index is 11.8. The second-order valence-corrected chi connectivity index (χ2v) is 4.25. The highest BCUT2D eigenvalue weighted by atomic mass is 35.5. The van der Waals surface area contributed by atoms with E-state index in [4.69, 9.17) is 11.6 Å². The lowest BCUT2D eigenvalue weighted by Crippen LogP contribution is -2.20. The van der Waals surface area contributed by atoms with E-state index < -0.39 is 11.8 Å². The number of nitrogens with one attached hydrogen (secondary N) is 1. The van der Waals surface area contributed by atoms with Crippen LogP contribution >= 0.6 is 11.6 Å². The molecule has 0 saturated heterocycles. The Hall–Kier alpha value is -2.20. The van der Waals surface area contributed by atoms with Crippen LogP contribution in [-0.4, -0.2) is 16.8 Å². The summed E-state index contributed by atoms with van der Waals surface area (Å²) in [6.45, 7) is 0. The van der Waals surface area contributed by atoms with Gasteiger partial charge in [-0.2, -0.15) is 0 Å². The summed E-state index contributed by atoms with van der Waals surface area (Å²) >= 11 is 6.12. The number of fused-ring (bicyclic) bond motifs is 1. The van der Waals surface area contributed by atoms with Gasteiger partial charge in [0.2, 0.25) is 0 Å². The van der Waals surface area contributed by atoms with E-state index in [1.165, 1.54) is 0 Å². The van der Waals surface area contributed by atoms with Gasteiger partial charge in [-0.1, -0.05) is 17.7 Å². The number of hydrogen-bond donors (Lipinski definition) is 1. The zero-order valence-corrected chi connectivity index (χ0v) is 9.86. The van der Waals surface area contributed by atoms with E-state index in [1.54, 1.807) is 36.5 Å². The van der Waals surface area contributed by atoms with E-state index in [-0.39, 0.29) is 0 Å². The normalized spacial score (nSPS) is 13.4. The predicted octanol–water partition coefficient (Wildman–Crippen LogP) is 2.29. The molecule has 0 bridgehead atoms. The first-order valence-corrected chi connectivity index (χ1v) is 5.66. The Balaban J connectivity index is 2.34. The third-order valence-corrected chi connectivity index (χ3v) is 3.09. The number of benzene rings is 1. The molecule has 1 aromatic carbocycles. The van der Waals surface area contributed by atoms with E-state index in [9.17, 15) is 9.59 Å². The third-order valence-electron chi connectivity index (χ3n) is 2.77. The van der Waals surface area contributed by atoms with Crippen LogP contribution in [0.2, 0.25) is 5.02 Å². The molecular formula is C13H7ClN2O2. The molecule has 3 rings (SSSR count). The molecule has 1 N–H and O–H groups in total. The number of carbonyl (C=O) groups is 2. The minimum Gasteiger partial charge on any atom is -0.288 e. The van der Waals surface area contributed by atoms with Gasteiger partial charge in [-0.15, -0.1) is 0 Å². The Morgan fingerprint density at radius 1 is 1.00 bits per heavy atom. The SMILES string of the molecule is O=C1NC(=O)c2c1ccc(Cl)c2-c1ccccn1. The molecule has 1 aliphatic rings. The Morgan fingerprint density at radius 3 is 2.56 bits per heavy atom. The molecule has 88 valence electrons. The van der Waals surface area contributed by atoms with E-state index >= 15 is 0 Å². The molecule has 1 aromatic heterocycles. The van der Waals surface area contributed by atoms with Gasteiger partial charge in [0.15, 0.2) is 0 Å². The van der Waals surface area contributed by atoms with Crippen LogP contribution in [-0.2, 0) is 0 Å². The lowest BCUT2D eigenvalue weighted by atomic mass is 10.00. The molecule has 0 fully saturated rings. The van der Waals surface area contributed by atoms with Crippen molar-refractivity contribution in [2.75, 3.05) is 0 Å². The fourth-order valence-corrected chi connectivity index (χ4v) is 2.25. The van der Waals surface area contributed by atoms with Gasteiger partial charge in [-0.05, 0) is 24.3 Å². The van der Waals surface area contributed by atoms with E-state index in [2.05, 4.69) is 10.3 Å². The molecule has 4 nitrogen and oxygen atoms in total. The second kappa shape index (κ2) is 3.92. The number of rotatable bonds is 1. The van der Waals surface area contributed by atoms with Gasteiger partial charge in [0.1, 0.15) is 0 Å². The first kappa shape index (κ1) is 10.9. The molecular weight excluding hydrogens is 252 g/mol. The van der Waals surface area contributed by atoms with Crippen LogP contribution in [0.15, 0.2) is 36.5 Å². The molecule has 0 atom stereocenters. The Labute approximate surface area is 108 Å². The van der Waals surface area contributed by atoms with Gasteiger partial charge in [-0.3, -0.25) is 19.9 Å². The molecule has 0 radical (unpaired) electrons. The van der Waals surface area contributed by atoms with Gasteiger partial charge < -0.3 is 0 Å². The lowest BCUT2D eigenvalue weighted by Gasteiger charge is -2.07. The van der Waals surface area contributed by atoms with Crippen LogP contribution in [0.4, 0.5) is 0 Å². The average Bonchev–Trinajstić information content (AvgIpc) is 2.66. The summed E-state index contributed by atoms with van der Waals surface area (Å²) in [6.07, 6.45) is 1.61. The number of carbonyl (C=O) groups excluding carboxylic acids is 2. The molecule has 18 heavy (non-hydrogen) atoms. The monoisotopic (exact) mass is 258 g/mol. The number of pyridine rings is 1. The number of halogens is 1. The summed E-state index contributed by atoms with van der Waals surface area (Å²) in [7, 11) is 0. The predicted molar refractivity (Wildman–Crippen MR) is 66.5 cm³/mol. The smallest absolute Gasteiger partial charge is 0.259 e. The van der Waals surface area contributed by atoms with Crippen LogP contribution in [0.1, 0.15) is 20.7 Å². The zero-order valence-electron chi connectivity index (χ0n) is 9.11. The van der Waals surface area contributed by atoms with E-state index in [0.717, 1.165) is 0 Å². The van der Waals surface area contributed by atoms with Crippen LogP contribution < -0.4 is 5.32 Å². The largest absolute Gasteiger partial charge is 0.288 e. The summed E-state index contributed by atoms with van der Waals surface area (Å²) in [5, 5.41) is 2.66. The highest BCUT2D eigenvalue weighted by Gasteiger charge is 2.31. The topological polar surface area (TPSA) is 59.1 Å². The zero-order chi connectivity index (χ0) is 12.7. The minimum atomic E-state index is -0.432. The van der Waals surface area contributed by atoms with Crippen LogP contribution in [0.3, 0.4) is 0 Å². The fourth-order valence-electron chi connectivity index (χ4n) is 2.00. The summed E-state index contributed by atoms with van der Waals surface area (Å²) in [6, 6.07) is 8.46. The van der Waals surface area contributed by atoms with Crippen molar-refractivity contribution in [3.63, 3.8) is 0 Å². The number of nitrogens with zero attached hydrogens (tertiary/aromatic N) is 1. The highest BCUT2D eigenvalue weighted by Crippen LogP contribution is 2.34. The summed E-state index contributed by atoms with van der Waals surface area (Å²) in [4.78, 5) is 27.6. The number of hydrogen-bond acceptors (Lipinski definition) is 3. The summed E-state index contributed by atoms with van der Waals surface area (Å²) in [5.41, 5.74) is 1.71. The van der Waals surface area contributed by atoms with Gasteiger partial charge in [0.25, 0.3) is 11.8 Å².